The molecule has 0 N–H and O–H groups in total. The van der Waals surface area contributed by atoms with E-state index in [9.17, 15) is 21.6 Å². The van der Waals surface area contributed by atoms with Gasteiger partial charge < -0.3 is 4.74 Å². The maximum Gasteiger partial charge on any atom is 0.573 e. The van der Waals surface area contributed by atoms with Crippen molar-refractivity contribution in [3.63, 3.8) is 0 Å². The Kier molecular flexibility index (Phi) is 6.78. The number of hydrogen-bond donors (Lipinski definition) is 0. The number of halogens is 3. The van der Waals surface area contributed by atoms with Gasteiger partial charge in [-0.25, -0.2) is 8.42 Å². The number of hydrogen-bond acceptors (Lipinski definition) is 4. The maximum absolute atomic E-state index is 13.3. The Balaban J connectivity index is 1.41. The lowest BCUT2D eigenvalue weighted by molar-refractivity contribution is -0.275. The fraction of sp³-hybridized carbons (Fsp3) is 0.222. The molecule has 1 saturated heterocycles. The van der Waals surface area contributed by atoms with E-state index in [4.69, 9.17) is 5.10 Å². The van der Waals surface area contributed by atoms with E-state index >= 15 is 0 Å². The Labute approximate surface area is 213 Å². The molecule has 0 unspecified atom stereocenters. The third-order valence-electron chi connectivity index (χ3n) is 6.34. The lowest BCUT2D eigenvalue weighted by Crippen LogP contribution is -2.39. The van der Waals surface area contributed by atoms with Gasteiger partial charge in [0.1, 0.15) is 10.6 Å². The molecule has 0 amide bonds. The largest absolute Gasteiger partial charge is 0.573 e. The molecule has 0 bridgehead atoms. The van der Waals surface area contributed by atoms with Crippen LogP contribution in [0.3, 0.4) is 0 Å². The molecule has 0 saturated carbocycles. The average molecular weight is 528 g/mol. The monoisotopic (exact) mass is 527 g/mol. The Morgan fingerprint density at radius 1 is 0.811 bits per heavy atom. The number of ether oxygens (including phenoxy) is 1. The highest BCUT2D eigenvalue weighted by Gasteiger charge is 2.37. The van der Waals surface area contributed by atoms with Gasteiger partial charge in [-0.3, -0.25) is 4.68 Å². The summed E-state index contributed by atoms with van der Waals surface area (Å²) in [6.07, 6.45) is -4.09. The van der Waals surface area contributed by atoms with Crippen molar-refractivity contribution >= 4 is 10.0 Å². The summed E-state index contributed by atoms with van der Waals surface area (Å²) in [5.74, 6) is -0.733. The van der Waals surface area contributed by atoms with Gasteiger partial charge in [-0.05, 0) is 36.6 Å². The molecule has 0 aliphatic carbocycles. The summed E-state index contributed by atoms with van der Waals surface area (Å²) in [4.78, 5) is -0.499. The Hall–Kier alpha value is -3.63. The van der Waals surface area contributed by atoms with E-state index in [0.29, 0.717) is 12.8 Å². The van der Waals surface area contributed by atoms with Crippen LogP contribution in [-0.2, 0) is 10.0 Å². The van der Waals surface area contributed by atoms with Crippen molar-refractivity contribution in [2.45, 2.75) is 30.1 Å². The highest BCUT2D eigenvalue weighted by atomic mass is 32.2. The Bertz CT molecular complexity index is 1470. The van der Waals surface area contributed by atoms with Crippen LogP contribution in [0.2, 0.25) is 0 Å². The predicted octanol–water partition coefficient (Wildman–Crippen LogP) is 6.14. The predicted molar refractivity (Wildman–Crippen MR) is 133 cm³/mol. The van der Waals surface area contributed by atoms with Crippen molar-refractivity contribution in [2.75, 3.05) is 13.1 Å². The molecular formula is C27H24F3N3O3S. The molecule has 192 valence electrons. The summed E-state index contributed by atoms with van der Waals surface area (Å²) in [6.45, 7) is 0.282. The number of benzene rings is 3. The first-order valence-electron chi connectivity index (χ1n) is 11.8. The molecule has 4 aromatic rings. The Morgan fingerprint density at radius 3 is 2.00 bits per heavy atom. The molecular weight excluding hydrogens is 503 g/mol. The van der Waals surface area contributed by atoms with Gasteiger partial charge in [0.2, 0.25) is 10.0 Å². The second-order valence-electron chi connectivity index (χ2n) is 8.72. The number of piperidine rings is 1. The zero-order valence-electron chi connectivity index (χ0n) is 19.7. The fourth-order valence-corrected chi connectivity index (χ4v) is 6.17. The standard InChI is InChI=1S/C27H24F3N3O3S/c28-27(29,30)36-25-13-7-8-14-26(25)37(34,35)32-17-15-22(16-18-32)33-24(21-11-5-2-6-12-21)19-23(31-33)20-9-3-1-4-10-20/h1-14,19,22H,15-18H2. The summed E-state index contributed by atoms with van der Waals surface area (Å²) >= 11 is 0. The molecule has 0 radical (unpaired) electrons. The van der Waals surface area contributed by atoms with Gasteiger partial charge in [0.05, 0.1) is 17.4 Å². The van der Waals surface area contributed by atoms with Crippen LogP contribution in [0.25, 0.3) is 22.5 Å². The molecule has 1 aromatic heterocycles. The van der Waals surface area contributed by atoms with Crippen LogP contribution in [0.5, 0.6) is 5.75 Å². The summed E-state index contributed by atoms with van der Waals surface area (Å²) < 4.78 is 72.3. The van der Waals surface area contributed by atoms with Gasteiger partial charge in [0.15, 0.2) is 0 Å². The van der Waals surface area contributed by atoms with Crippen LogP contribution < -0.4 is 4.74 Å². The van der Waals surface area contributed by atoms with Gasteiger partial charge in [-0.2, -0.15) is 9.40 Å². The zero-order chi connectivity index (χ0) is 26.0. The lowest BCUT2D eigenvalue weighted by Gasteiger charge is -2.32. The van der Waals surface area contributed by atoms with Gasteiger partial charge in [0, 0.05) is 18.7 Å². The first-order valence-corrected chi connectivity index (χ1v) is 13.2. The van der Waals surface area contributed by atoms with Gasteiger partial charge >= 0.3 is 6.36 Å². The molecule has 2 heterocycles. The molecule has 37 heavy (non-hydrogen) atoms. The third-order valence-corrected chi connectivity index (χ3v) is 8.27. The minimum atomic E-state index is -5.00. The van der Waals surface area contributed by atoms with Crippen LogP contribution >= 0.6 is 0 Å². The molecule has 6 nitrogen and oxygen atoms in total. The van der Waals surface area contributed by atoms with E-state index in [0.717, 1.165) is 34.6 Å². The van der Waals surface area contributed by atoms with E-state index < -0.39 is 27.0 Å². The van der Waals surface area contributed by atoms with Crippen molar-refractivity contribution in [2.24, 2.45) is 0 Å². The van der Waals surface area contributed by atoms with Crippen LogP contribution in [0, 0.1) is 0 Å². The van der Waals surface area contributed by atoms with E-state index in [-0.39, 0.29) is 19.1 Å². The normalized spacial score (nSPS) is 15.5. The highest BCUT2D eigenvalue weighted by molar-refractivity contribution is 7.89. The van der Waals surface area contributed by atoms with Crippen molar-refractivity contribution in [3.8, 4) is 28.3 Å². The van der Waals surface area contributed by atoms with Crippen LogP contribution in [0.1, 0.15) is 18.9 Å². The maximum atomic E-state index is 13.3. The summed E-state index contributed by atoms with van der Waals surface area (Å²) in [6, 6.07) is 26.4. The quantitative estimate of drug-likeness (QED) is 0.302. The first kappa shape index (κ1) is 25.0. The SMILES string of the molecule is O=S(=O)(c1ccccc1OC(F)(F)F)N1CCC(n2nc(-c3ccccc3)cc2-c2ccccc2)CC1. The van der Waals surface area contributed by atoms with Gasteiger partial charge in [0.25, 0.3) is 0 Å². The van der Waals surface area contributed by atoms with E-state index in [2.05, 4.69) is 4.74 Å². The third kappa shape index (κ3) is 5.40. The molecule has 10 heteroatoms. The molecule has 5 rings (SSSR count). The Morgan fingerprint density at radius 2 is 1.38 bits per heavy atom. The summed E-state index contributed by atoms with van der Waals surface area (Å²) in [5, 5.41) is 4.88. The fourth-order valence-electron chi connectivity index (χ4n) is 4.59. The number of rotatable bonds is 6. The summed E-state index contributed by atoms with van der Waals surface area (Å²) in [7, 11) is -4.19. The molecule has 0 spiro atoms. The lowest BCUT2D eigenvalue weighted by atomic mass is 10.1. The second-order valence-corrected chi connectivity index (χ2v) is 10.6. The topological polar surface area (TPSA) is 64.4 Å². The number of alkyl halides is 3. The van der Waals surface area contributed by atoms with Crippen molar-refractivity contribution in [1.82, 2.24) is 14.1 Å². The van der Waals surface area contributed by atoms with Crippen LogP contribution in [-0.4, -0.2) is 42.0 Å². The zero-order valence-corrected chi connectivity index (χ0v) is 20.5. The second kappa shape index (κ2) is 10.0. The molecule has 1 aliphatic heterocycles. The van der Waals surface area contributed by atoms with Crippen LogP contribution in [0.15, 0.2) is 95.9 Å². The highest BCUT2D eigenvalue weighted by Crippen LogP contribution is 2.36. The van der Waals surface area contributed by atoms with Crippen molar-refractivity contribution in [3.05, 3.63) is 91.0 Å². The minimum absolute atomic E-state index is 0.0826. The van der Waals surface area contributed by atoms with E-state index in [1.165, 1.54) is 16.4 Å². The minimum Gasteiger partial charge on any atom is -0.404 e. The molecule has 1 fully saturated rings. The van der Waals surface area contributed by atoms with E-state index in [1.54, 1.807) is 0 Å². The van der Waals surface area contributed by atoms with E-state index in [1.807, 2.05) is 71.4 Å². The number of nitrogens with zero attached hydrogens (tertiary/aromatic N) is 3. The number of sulfonamides is 1. The number of para-hydroxylation sites is 1. The molecule has 3 aromatic carbocycles. The van der Waals surface area contributed by atoms with Gasteiger partial charge in [-0.15, -0.1) is 13.2 Å². The smallest absolute Gasteiger partial charge is 0.404 e. The first-order chi connectivity index (χ1) is 17.7. The summed E-state index contributed by atoms with van der Waals surface area (Å²) in [5.41, 5.74) is 3.70. The van der Waals surface area contributed by atoms with Crippen molar-refractivity contribution in [1.29, 1.82) is 0 Å². The van der Waals surface area contributed by atoms with Crippen LogP contribution in [0.4, 0.5) is 13.2 Å². The van der Waals surface area contributed by atoms with Crippen molar-refractivity contribution < 1.29 is 26.3 Å². The average Bonchev–Trinajstić information content (AvgIpc) is 3.35. The molecule has 0 atom stereocenters. The number of aromatic nitrogens is 2. The van der Waals surface area contributed by atoms with Gasteiger partial charge in [-0.1, -0.05) is 72.8 Å². The molecule has 1 aliphatic rings.